The van der Waals surface area contributed by atoms with Crippen LogP contribution in [-0.4, -0.2) is 48.4 Å². The molecule has 27 heavy (non-hydrogen) atoms. The van der Waals surface area contributed by atoms with E-state index < -0.39 is 11.9 Å². The van der Waals surface area contributed by atoms with Crippen molar-refractivity contribution in [2.45, 2.75) is 13.0 Å². The van der Waals surface area contributed by atoms with Crippen LogP contribution in [0.2, 0.25) is 5.02 Å². The first-order valence-electron chi connectivity index (χ1n) is 8.57. The molecule has 2 heterocycles. The Bertz CT molecular complexity index is 890. The van der Waals surface area contributed by atoms with Gasteiger partial charge in [-0.05, 0) is 29.8 Å². The van der Waals surface area contributed by atoms with Crippen molar-refractivity contribution in [2.75, 3.05) is 26.7 Å². The zero-order valence-corrected chi connectivity index (χ0v) is 15.8. The first kappa shape index (κ1) is 19.3. The maximum Gasteiger partial charge on any atom is 0.269 e. The van der Waals surface area contributed by atoms with E-state index >= 15 is 4.39 Å². The van der Waals surface area contributed by atoms with Crippen LogP contribution in [0.5, 0.6) is 0 Å². The van der Waals surface area contributed by atoms with Crippen LogP contribution in [0.1, 0.15) is 29.0 Å². The van der Waals surface area contributed by atoms with Gasteiger partial charge in [-0.3, -0.25) is 14.6 Å². The molecule has 142 valence electrons. The van der Waals surface area contributed by atoms with E-state index in [4.69, 9.17) is 11.6 Å². The van der Waals surface area contributed by atoms with Crippen molar-refractivity contribution in [3.8, 4) is 11.1 Å². The van der Waals surface area contributed by atoms with Crippen molar-refractivity contribution in [3.63, 3.8) is 0 Å². The summed E-state index contributed by atoms with van der Waals surface area (Å²) in [6, 6.07) is 5.74. The number of hydrogen-bond acceptors (Lipinski definition) is 4. The third-order valence-electron chi connectivity index (χ3n) is 4.60. The minimum absolute atomic E-state index is 0.117. The molecule has 1 aliphatic heterocycles. The zero-order chi connectivity index (χ0) is 19.6. The monoisotopic (exact) mass is 390 g/mol. The molecule has 1 aromatic carbocycles. The number of pyridine rings is 1. The fraction of sp³-hybridized carbons (Fsp3) is 0.316. The lowest BCUT2D eigenvalue weighted by Gasteiger charge is -2.36. The SMILES string of the molecule is CNC(=O)c1cc(-c2cc(Cl)cc(C3CNCCN3C(C)=O)c2F)ccn1. The van der Waals surface area contributed by atoms with Gasteiger partial charge in [-0.25, -0.2) is 4.39 Å². The number of carbonyl (C=O) groups is 2. The summed E-state index contributed by atoms with van der Waals surface area (Å²) in [6.07, 6.45) is 1.45. The average Bonchev–Trinajstić information content (AvgIpc) is 2.68. The maximum atomic E-state index is 15.4. The summed E-state index contributed by atoms with van der Waals surface area (Å²) < 4.78 is 15.4. The number of halogens is 2. The average molecular weight is 391 g/mol. The predicted molar refractivity (Wildman–Crippen MR) is 101 cm³/mol. The van der Waals surface area contributed by atoms with Crippen LogP contribution < -0.4 is 10.6 Å². The van der Waals surface area contributed by atoms with Crippen molar-refractivity contribution in [2.24, 2.45) is 0 Å². The molecule has 0 aliphatic carbocycles. The lowest BCUT2D eigenvalue weighted by atomic mass is 9.96. The first-order valence-corrected chi connectivity index (χ1v) is 8.95. The van der Waals surface area contributed by atoms with Crippen molar-refractivity contribution < 1.29 is 14.0 Å². The van der Waals surface area contributed by atoms with Gasteiger partial charge in [0, 0.05) is 56.0 Å². The number of carbonyl (C=O) groups excluding carboxylic acids is 2. The van der Waals surface area contributed by atoms with Crippen molar-refractivity contribution in [1.29, 1.82) is 0 Å². The standard InChI is InChI=1S/C19H20ClFN4O2/c1-11(26)25-6-5-23-10-17(25)15-9-13(20)8-14(18(15)21)12-3-4-24-16(7-12)19(27)22-2/h3-4,7-9,17,23H,5-6,10H2,1-2H3,(H,22,27). The fourth-order valence-corrected chi connectivity index (χ4v) is 3.50. The number of rotatable bonds is 3. The van der Waals surface area contributed by atoms with Gasteiger partial charge in [-0.15, -0.1) is 0 Å². The maximum absolute atomic E-state index is 15.4. The smallest absolute Gasteiger partial charge is 0.269 e. The van der Waals surface area contributed by atoms with E-state index in [0.717, 1.165) is 0 Å². The van der Waals surface area contributed by atoms with Crippen LogP contribution in [0.15, 0.2) is 30.5 Å². The molecule has 1 aliphatic rings. The molecule has 2 N–H and O–H groups in total. The van der Waals surface area contributed by atoms with Crippen LogP contribution >= 0.6 is 11.6 Å². The van der Waals surface area contributed by atoms with Crippen molar-refractivity contribution >= 4 is 23.4 Å². The molecule has 6 nitrogen and oxygen atoms in total. The Morgan fingerprint density at radius 2 is 2.15 bits per heavy atom. The number of amides is 2. The van der Waals surface area contributed by atoms with Gasteiger partial charge in [0.05, 0.1) is 6.04 Å². The number of piperazine rings is 1. The molecular formula is C19H20ClFN4O2. The number of hydrogen-bond donors (Lipinski definition) is 2. The Morgan fingerprint density at radius 3 is 2.85 bits per heavy atom. The van der Waals surface area contributed by atoms with Gasteiger partial charge in [0.2, 0.25) is 5.91 Å². The van der Waals surface area contributed by atoms with E-state index in [0.29, 0.717) is 35.8 Å². The first-order chi connectivity index (χ1) is 12.9. The quantitative estimate of drug-likeness (QED) is 0.844. The van der Waals surface area contributed by atoms with E-state index in [-0.39, 0.29) is 23.1 Å². The summed E-state index contributed by atoms with van der Waals surface area (Å²) >= 11 is 6.26. The van der Waals surface area contributed by atoms with Gasteiger partial charge in [0.25, 0.3) is 5.91 Å². The molecule has 2 amide bonds. The Hall–Kier alpha value is -2.51. The van der Waals surface area contributed by atoms with Gasteiger partial charge in [0.15, 0.2) is 0 Å². The minimum Gasteiger partial charge on any atom is -0.354 e. The van der Waals surface area contributed by atoms with Gasteiger partial charge in [0.1, 0.15) is 11.5 Å². The Morgan fingerprint density at radius 1 is 1.37 bits per heavy atom. The normalized spacial score (nSPS) is 16.9. The molecule has 0 bridgehead atoms. The summed E-state index contributed by atoms with van der Waals surface area (Å²) in [5.74, 6) is -0.944. The van der Waals surface area contributed by atoms with Crippen LogP contribution in [-0.2, 0) is 4.79 Å². The van der Waals surface area contributed by atoms with Crippen LogP contribution in [0.3, 0.4) is 0 Å². The summed E-state index contributed by atoms with van der Waals surface area (Å²) in [6.45, 7) is 3.07. The molecule has 1 saturated heterocycles. The topological polar surface area (TPSA) is 74.3 Å². The Kier molecular flexibility index (Phi) is 5.72. The highest BCUT2D eigenvalue weighted by molar-refractivity contribution is 6.31. The summed E-state index contributed by atoms with van der Waals surface area (Å²) in [4.78, 5) is 29.5. The fourth-order valence-electron chi connectivity index (χ4n) is 3.27. The van der Waals surface area contributed by atoms with Crippen LogP contribution in [0, 0.1) is 5.82 Å². The third-order valence-corrected chi connectivity index (χ3v) is 4.82. The summed E-state index contributed by atoms with van der Waals surface area (Å²) in [5, 5.41) is 6.04. The van der Waals surface area contributed by atoms with Gasteiger partial charge < -0.3 is 15.5 Å². The van der Waals surface area contributed by atoms with E-state index in [1.807, 2.05) is 0 Å². The molecule has 1 aromatic heterocycles. The highest BCUT2D eigenvalue weighted by Crippen LogP contribution is 2.34. The third kappa shape index (κ3) is 3.94. The molecule has 1 unspecified atom stereocenters. The second-order valence-electron chi connectivity index (χ2n) is 6.30. The molecule has 0 saturated carbocycles. The number of benzene rings is 1. The second-order valence-corrected chi connectivity index (χ2v) is 6.73. The van der Waals surface area contributed by atoms with Gasteiger partial charge in [-0.1, -0.05) is 11.6 Å². The van der Waals surface area contributed by atoms with E-state index in [2.05, 4.69) is 15.6 Å². The van der Waals surface area contributed by atoms with Crippen molar-refractivity contribution in [3.05, 3.63) is 52.6 Å². The molecular weight excluding hydrogens is 371 g/mol. The molecule has 2 aromatic rings. The molecule has 8 heteroatoms. The molecule has 1 fully saturated rings. The highest BCUT2D eigenvalue weighted by Gasteiger charge is 2.29. The number of aromatic nitrogens is 1. The number of nitrogens with one attached hydrogen (secondary N) is 2. The summed E-state index contributed by atoms with van der Waals surface area (Å²) in [5.41, 5.74) is 1.28. The van der Waals surface area contributed by atoms with Crippen molar-refractivity contribution in [1.82, 2.24) is 20.5 Å². The Balaban J connectivity index is 2.09. The van der Waals surface area contributed by atoms with Gasteiger partial charge in [-0.2, -0.15) is 0 Å². The van der Waals surface area contributed by atoms with E-state index in [9.17, 15) is 9.59 Å². The largest absolute Gasteiger partial charge is 0.354 e. The van der Waals surface area contributed by atoms with E-state index in [1.54, 1.807) is 17.0 Å². The minimum atomic E-state index is -0.464. The zero-order valence-electron chi connectivity index (χ0n) is 15.1. The predicted octanol–water partition coefficient (Wildman–Crippen LogP) is 2.39. The Labute approximate surface area is 161 Å². The molecule has 0 spiro atoms. The summed E-state index contributed by atoms with van der Waals surface area (Å²) in [7, 11) is 1.50. The number of nitrogens with zero attached hydrogens (tertiary/aromatic N) is 2. The van der Waals surface area contributed by atoms with E-state index in [1.165, 1.54) is 32.3 Å². The molecule has 0 radical (unpaired) electrons. The second kappa shape index (κ2) is 8.02. The highest BCUT2D eigenvalue weighted by atomic mass is 35.5. The molecule has 3 rings (SSSR count). The lowest BCUT2D eigenvalue weighted by molar-refractivity contribution is -0.132. The van der Waals surface area contributed by atoms with Crippen LogP contribution in [0.25, 0.3) is 11.1 Å². The molecule has 1 atom stereocenters. The van der Waals surface area contributed by atoms with Gasteiger partial charge >= 0.3 is 0 Å². The lowest BCUT2D eigenvalue weighted by Crippen LogP contribution is -2.48. The van der Waals surface area contributed by atoms with Crippen LogP contribution in [0.4, 0.5) is 4.39 Å².